The number of nitrogens with zero attached hydrogens (tertiary/aromatic N) is 2. The van der Waals surface area contributed by atoms with Crippen molar-refractivity contribution < 1.29 is 23.8 Å². The van der Waals surface area contributed by atoms with Crippen molar-refractivity contribution in [1.29, 1.82) is 0 Å². The molecule has 4 rings (SSSR count). The number of esters is 1. The number of carbonyl (C=O) groups is 2. The highest BCUT2D eigenvalue weighted by atomic mass is 16.5. The monoisotopic (exact) mass is 418 g/mol. The number of aliphatic hydroxyl groups is 1. The summed E-state index contributed by atoms with van der Waals surface area (Å²) < 4.78 is 10.7. The Balaban J connectivity index is 1.49. The molecule has 158 valence electrons. The summed E-state index contributed by atoms with van der Waals surface area (Å²) >= 11 is 0. The van der Waals surface area contributed by atoms with Gasteiger partial charge in [0.05, 0.1) is 24.1 Å². The Bertz CT molecular complexity index is 1090. The molecule has 1 N–H and O–H groups in total. The molecule has 0 fully saturated rings. The van der Waals surface area contributed by atoms with Gasteiger partial charge in [-0.1, -0.05) is 42.0 Å². The van der Waals surface area contributed by atoms with Crippen LogP contribution in [-0.4, -0.2) is 34.3 Å². The van der Waals surface area contributed by atoms with Gasteiger partial charge in [-0.15, -0.1) is 0 Å². The minimum absolute atomic E-state index is 0.113. The standard InChI is InChI=1S/C24H22N2O5/c1-16-4-8-18(9-5-16)20-13-21(22-3-2-12-30-22)26(25-20)23(28)15-31-24(29)19-10-6-17(14-27)7-11-19/h2-12,21,27H,13-15H2,1H3. The van der Waals surface area contributed by atoms with Crippen LogP contribution < -0.4 is 0 Å². The average molecular weight is 418 g/mol. The van der Waals surface area contributed by atoms with Gasteiger partial charge in [0.1, 0.15) is 11.8 Å². The molecule has 0 saturated heterocycles. The maximum atomic E-state index is 12.9. The highest BCUT2D eigenvalue weighted by Gasteiger charge is 2.35. The molecule has 7 heteroatoms. The van der Waals surface area contributed by atoms with Crippen LogP contribution >= 0.6 is 0 Å². The van der Waals surface area contributed by atoms with Gasteiger partial charge in [0.2, 0.25) is 0 Å². The number of hydrogen-bond acceptors (Lipinski definition) is 6. The Morgan fingerprint density at radius 3 is 2.52 bits per heavy atom. The molecule has 1 aliphatic rings. The van der Waals surface area contributed by atoms with Gasteiger partial charge >= 0.3 is 5.97 Å². The second-order valence-electron chi connectivity index (χ2n) is 7.32. The van der Waals surface area contributed by atoms with E-state index in [0.29, 0.717) is 23.3 Å². The summed E-state index contributed by atoms with van der Waals surface area (Å²) in [5.74, 6) is -0.441. The minimum Gasteiger partial charge on any atom is -0.467 e. The van der Waals surface area contributed by atoms with Gasteiger partial charge in [-0.2, -0.15) is 5.10 Å². The lowest BCUT2D eigenvalue weighted by atomic mass is 10.0. The van der Waals surface area contributed by atoms with Crippen LogP contribution in [0.2, 0.25) is 0 Å². The van der Waals surface area contributed by atoms with E-state index in [-0.39, 0.29) is 6.61 Å². The van der Waals surface area contributed by atoms with Gasteiger partial charge in [-0.3, -0.25) is 4.79 Å². The minimum atomic E-state index is -0.616. The number of ether oxygens (including phenoxy) is 1. The Hall–Kier alpha value is -3.71. The highest BCUT2D eigenvalue weighted by molar-refractivity contribution is 6.03. The van der Waals surface area contributed by atoms with Crippen LogP contribution in [0.4, 0.5) is 0 Å². The molecule has 1 aliphatic heterocycles. The van der Waals surface area contributed by atoms with Crippen molar-refractivity contribution in [3.8, 4) is 0 Å². The first kappa shape index (κ1) is 20.6. The topological polar surface area (TPSA) is 92.3 Å². The van der Waals surface area contributed by atoms with Crippen LogP contribution in [0.25, 0.3) is 0 Å². The fraction of sp³-hybridized carbons (Fsp3) is 0.208. The SMILES string of the molecule is Cc1ccc(C2=NN(C(=O)COC(=O)c3ccc(CO)cc3)C(c3ccco3)C2)cc1. The van der Waals surface area contributed by atoms with Crippen molar-refractivity contribution in [3.05, 3.63) is 94.9 Å². The maximum absolute atomic E-state index is 12.9. The number of aryl methyl sites for hydroxylation is 1. The van der Waals surface area contributed by atoms with Gasteiger partial charge in [0.25, 0.3) is 5.91 Å². The van der Waals surface area contributed by atoms with E-state index >= 15 is 0 Å². The van der Waals surface area contributed by atoms with E-state index in [9.17, 15) is 9.59 Å². The second kappa shape index (κ2) is 8.97. The van der Waals surface area contributed by atoms with Crippen LogP contribution in [0.15, 0.2) is 76.4 Å². The first-order valence-corrected chi connectivity index (χ1v) is 9.92. The lowest BCUT2D eigenvalue weighted by Gasteiger charge is -2.19. The number of aliphatic hydroxyl groups excluding tert-OH is 1. The fourth-order valence-corrected chi connectivity index (χ4v) is 3.39. The van der Waals surface area contributed by atoms with E-state index in [0.717, 1.165) is 16.8 Å². The van der Waals surface area contributed by atoms with Crippen molar-refractivity contribution in [2.75, 3.05) is 6.61 Å². The molecule has 0 saturated carbocycles. The number of hydrazone groups is 1. The Morgan fingerprint density at radius 2 is 1.87 bits per heavy atom. The molecule has 1 amide bonds. The maximum Gasteiger partial charge on any atom is 0.338 e. The van der Waals surface area contributed by atoms with E-state index in [1.54, 1.807) is 42.7 Å². The number of carbonyl (C=O) groups excluding carboxylic acids is 2. The third kappa shape index (κ3) is 4.57. The normalized spacial score (nSPS) is 15.6. The third-order valence-electron chi connectivity index (χ3n) is 5.12. The lowest BCUT2D eigenvalue weighted by molar-refractivity contribution is -0.136. The van der Waals surface area contributed by atoms with E-state index in [1.807, 2.05) is 31.2 Å². The van der Waals surface area contributed by atoms with Crippen molar-refractivity contribution >= 4 is 17.6 Å². The molecule has 31 heavy (non-hydrogen) atoms. The number of hydrogen-bond donors (Lipinski definition) is 1. The van der Waals surface area contributed by atoms with Gasteiger partial charge in [0.15, 0.2) is 6.61 Å². The number of furan rings is 1. The van der Waals surface area contributed by atoms with Crippen LogP contribution in [0.5, 0.6) is 0 Å². The molecule has 0 radical (unpaired) electrons. The Labute approximate surface area is 179 Å². The van der Waals surface area contributed by atoms with Crippen molar-refractivity contribution in [3.63, 3.8) is 0 Å². The predicted octanol–water partition coefficient (Wildman–Crippen LogP) is 3.62. The molecule has 1 aromatic heterocycles. The Kier molecular flexibility index (Phi) is 5.95. The zero-order chi connectivity index (χ0) is 21.8. The van der Waals surface area contributed by atoms with E-state index in [4.69, 9.17) is 14.3 Å². The summed E-state index contributed by atoms with van der Waals surface area (Å²) in [6, 6.07) is 17.4. The smallest absolute Gasteiger partial charge is 0.338 e. The fourth-order valence-electron chi connectivity index (χ4n) is 3.39. The largest absolute Gasteiger partial charge is 0.467 e. The quantitative estimate of drug-likeness (QED) is 0.618. The van der Waals surface area contributed by atoms with Gasteiger partial charge in [0, 0.05) is 6.42 Å². The molecular formula is C24H22N2O5. The second-order valence-corrected chi connectivity index (χ2v) is 7.32. The Morgan fingerprint density at radius 1 is 1.13 bits per heavy atom. The van der Waals surface area contributed by atoms with Crippen molar-refractivity contribution in [2.24, 2.45) is 5.10 Å². The van der Waals surface area contributed by atoms with Crippen LogP contribution in [-0.2, 0) is 16.1 Å². The first-order chi connectivity index (χ1) is 15.0. The molecule has 3 aromatic rings. The van der Waals surface area contributed by atoms with Crippen LogP contribution in [0.1, 0.15) is 45.3 Å². The number of amides is 1. The number of benzene rings is 2. The number of rotatable bonds is 6. The highest BCUT2D eigenvalue weighted by Crippen LogP contribution is 2.33. The van der Waals surface area contributed by atoms with Crippen molar-refractivity contribution in [2.45, 2.75) is 26.0 Å². The molecule has 1 atom stereocenters. The molecule has 7 nitrogen and oxygen atoms in total. The van der Waals surface area contributed by atoms with Gasteiger partial charge in [-0.05, 0) is 42.3 Å². The summed E-state index contributed by atoms with van der Waals surface area (Å²) in [6.45, 7) is 1.45. The molecule has 1 unspecified atom stereocenters. The van der Waals surface area contributed by atoms with E-state index < -0.39 is 24.5 Å². The summed E-state index contributed by atoms with van der Waals surface area (Å²) in [7, 11) is 0. The summed E-state index contributed by atoms with van der Waals surface area (Å²) in [6.07, 6.45) is 2.05. The zero-order valence-corrected chi connectivity index (χ0v) is 17.0. The average Bonchev–Trinajstić information content (AvgIpc) is 3.48. The van der Waals surface area contributed by atoms with Crippen LogP contribution in [0, 0.1) is 6.92 Å². The van der Waals surface area contributed by atoms with E-state index in [1.165, 1.54) is 5.01 Å². The molecule has 0 spiro atoms. The molecular weight excluding hydrogens is 396 g/mol. The lowest BCUT2D eigenvalue weighted by Crippen LogP contribution is -2.31. The van der Waals surface area contributed by atoms with Gasteiger partial charge < -0.3 is 14.3 Å². The van der Waals surface area contributed by atoms with Crippen molar-refractivity contribution in [1.82, 2.24) is 5.01 Å². The van der Waals surface area contributed by atoms with Crippen LogP contribution in [0.3, 0.4) is 0 Å². The molecule has 0 bridgehead atoms. The summed E-state index contributed by atoms with van der Waals surface area (Å²) in [5.41, 5.74) is 3.82. The van der Waals surface area contributed by atoms with Gasteiger partial charge in [-0.25, -0.2) is 9.80 Å². The predicted molar refractivity (Wildman–Crippen MR) is 113 cm³/mol. The molecule has 2 heterocycles. The first-order valence-electron chi connectivity index (χ1n) is 9.92. The van der Waals surface area contributed by atoms with E-state index in [2.05, 4.69) is 5.10 Å². The third-order valence-corrected chi connectivity index (χ3v) is 5.12. The summed E-state index contributed by atoms with van der Waals surface area (Å²) in [4.78, 5) is 25.2. The summed E-state index contributed by atoms with van der Waals surface area (Å²) in [5, 5.41) is 14.9. The molecule has 0 aliphatic carbocycles. The molecule has 2 aromatic carbocycles. The zero-order valence-electron chi connectivity index (χ0n) is 17.0.